The first kappa shape index (κ1) is 16.7. The van der Waals surface area contributed by atoms with Crippen LogP contribution in [0.1, 0.15) is 22.5 Å². The maximum atomic E-state index is 14.0. The van der Waals surface area contributed by atoms with Crippen molar-refractivity contribution in [1.82, 2.24) is 9.55 Å². The highest BCUT2D eigenvalue weighted by atomic mass is 19.1. The quantitative estimate of drug-likeness (QED) is 0.723. The molecule has 5 nitrogen and oxygen atoms in total. The summed E-state index contributed by atoms with van der Waals surface area (Å²) in [7, 11) is 0. The van der Waals surface area contributed by atoms with E-state index >= 15 is 0 Å². The number of hydrogen-bond donors (Lipinski definition) is 2. The lowest BCUT2D eigenvalue weighted by Crippen LogP contribution is -2.18. The Morgan fingerprint density at radius 3 is 2.68 bits per heavy atom. The van der Waals surface area contributed by atoms with Gasteiger partial charge in [-0.2, -0.15) is 0 Å². The average molecular weight is 339 g/mol. The molecule has 0 aliphatic carbocycles. The Morgan fingerprint density at radius 2 is 1.96 bits per heavy atom. The minimum atomic E-state index is -0.479. The topological polar surface area (TPSA) is 81.1 Å². The molecule has 3 rings (SSSR count). The van der Waals surface area contributed by atoms with E-state index < -0.39 is 11.7 Å². The van der Waals surface area contributed by atoms with E-state index in [9.17, 15) is 14.3 Å². The lowest BCUT2D eigenvalue weighted by atomic mass is 10.1. The number of aromatic nitrogens is 2. The Hall–Kier alpha value is -3.15. The number of amides is 1. The van der Waals surface area contributed by atoms with Gasteiger partial charge in [0.2, 0.25) is 5.91 Å². The van der Waals surface area contributed by atoms with Gasteiger partial charge in [-0.05, 0) is 23.8 Å². The van der Waals surface area contributed by atoms with Gasteiger partial charge in [0.25, 0.3) is 0 Å². The number of carbonyl (C=O) groups excluding carboxylic acids is 1. The number of nitrogens with zero attached hydrogens (tertiary/aromatic N) is 2. The Balaban J connectivity index is 1.93. The highest BCUT2D eigenvalue weighted by molar-refractivity contribution is 5.76. The fourth-order valence-corrected chi connectivity index (χ4v) is 2.76. The summed E-state index contributed by atoms with van der Waals surface area (Å²) in [5.74, 6) is -0.925. The summed E-state index contributed by atoms with van der Waals surface area (Å²) in [5, 5.41) is 9.56. The van der Waals surface area contributed by atoms with Crippen molar-refractivity contribution in [1.29, 1.82) is 0 Å². The molecule has 128 valence electrons. The normalized spacial score (nSPS) is 10.8. The minimum absolute atomic E-state index is 0.0162. The third kappa shape index (κ3) is 4.03. The molecule has 0 fully saturated rings. The molecule has 3 aromatic rings. The molecule has 1 heterocycles. The van der Waals surface area contributed by atoms with Crippen molar-refractivity contribution in [2.45, 2.75) is 19.4 Å². The zero-order valence-corrected chi connectivity index (χ0v) is 13.5. The largest absolute Gasteiger partial charge is 0.508 e. The summed E-state index contributed by atoms with van der Waals surface area (Å²) >= 11 is 0. The molecular formula is C19H18FN3O2. The van der Waals surface area contributed by atoms with Gasteiger partial charge in [-0.3, -0.25) is 4.79 Å². The van der Waals surface area contributed by atoms with Crippen molar-refractivity contribution in [2.24, 2.45) is 5.73 Å². The molecule has 0 aliphatic rings. The molecule has 0 bridgehead atoms. The smallest absolute Gasteiger partial charge is 0.223 e. The SMILES string of the molecule is NC(=O)Cc1c(Cc2ccccc2)ncn1Cc1cc(O)ccc1F. The number of imidazole rings is 1. The van der Waals surface area contributed by atoms with Gasteiger partial charge in [-0.1, -0.05) is 30.3 Å². The van der Waals surface area contributed by atoms with Gasteiger partial charge in [0.1, 0.15) is 11.6 Å². The summed E-state index contributed by atoms with van der Waals surface area (Å²) in [6.45, 7) is 0.157. The third-order valence-electron chi connectivity index (χ3n) is 3.96. The van der Waals surface area contributed by atoms with Crippen molar-refractivity contribution in [3.63, 3.8) is 0 Å². The van der Waals surface area contributed by atoms with Gasteiger partial charge in [0.05, 0.1) is 30.7 Å². The van der Waals surface area contributed by atoms with Crippen LogP contribution in [0.15, 0.2) is 54.9 Å². The van der Waals surface area contributed by atoms with E-state index in [4.69, 9.17) is 5.73 Å². The zero-order chi connectivity index (χ0) is 17.8. The van der Waals surface area contributed by atoms with Crippen LogP contribution in [0.25, 0.3) is 0 Å². The maximum absolute atomic E-state index is 14.0. The van der Waals surface area contributed by atoms with Gasteiger partial charge in [-0.25, -0.2) is 9.37 Å². The molecule has 0 atom stereocenters. The summed E-state index contributed by atoms with van der Waals surface area (Å²) in [6, 6.07) is 13.6. The summed E-state index contributed by atoms with van der Waals surface area (Å²) in [5.41, 5.74) is 8.12. The number of carbonyl (C=O) groups is 1. The highest BCUT2D eigenvalue weighted by Gasteiger charge is 2.15. The zero-order valence-electron chi connectivity index (χ0n) is 13.5. The van der Waals surface area contributed by atoms with E-state index in [0.29, 0.717) is 17.7 Å². The molecular weight excluding hydrogens is 321 g/mol. The number of primary amides is 1. The van der Waals surface area contributed by atoms with E-state index in [2.05, 4.69) is 4.98 Å². The summed E-state index contributed by atoms with van der Waals surface area (Å²) in [4.78, 5) is 15.8. The third-order valence-corrected chi connectivity index (χ3v) is 3.96. The number of phenols is 1. The molecule has 3 N–H and O–H groups in total. The van der Waals surface area contributed by atoms with Crippen molar-refractivity contribution >= 4 is 5.91 Å². The van der Waals surface area contributed by atoms with Crippen molar-refractivity contribution in [2.75, 3.05) is 0 Å². The van der Waals surface area contributed by atoms with Crippen molar-refractivity contribution in [3.8, 4) is 5.75 Å². The Morgan fingerprint density at radius 1 is 1.20 bits per heavy atom. The van der Waals surface area contributed by atoms with Crippen molar-refractivity contribution < 1.29 is 14.3 Å². The number of nitrogens with two attached hydrogens (primary N) is 1. The Bertz CT molecular complexity index is 891. The van der Waals surface area contributed by atoms with Crippen molar-refractivity contribution in [3.05, 3.63) is 83.2 Å². The van der Waals surface area contributed by atoms with E-state index in [1.165, 1.54) is 18.2 Å². The lowest BCUT2D eigenvalue weighted by Gasteiger charge is -2.10. The molecule has 0 spiro atoms. The second-order valence-electron chi connectivity index (χ2n) is 5.85. The fourth-order valence-electron chi connectivity index (χ4n) is 2.76. The number of benzene rings is 2. The summed E-state index contributed by atoms with van der Waals surface area (Å²) in [6.07, 6.45) is 2.14. The van der Waals surface area contributed by atoms with E-state index in [-0.39, 0.29) is 18.7 Å². The van der Waals surface area contributed by atoms with Crippen LogP contribution in [0, 0.1) is 5.82 Å². The number of halogens is 1. The van der Waals surface area contributed by atoms with Crippen LogP contribution in [-0.2, 0) is 24.2 Å². The van der Waals surface area contributed by atoms with E-state index in [1.54, 1.807) is 10.9 Å². The van der Waals surface area contributed by atoms with Crippen LogP contribution in [-0.4, -0.2) is 20.6 Å². The molecule has 0 radical (unpaired) electrons. The van der Waals surface area contributed by atoms with Crippen LogP contribution in [0.5, 0.6) is 5.75 Å². The standard InChI is InChI=1S/C19H18FN3O2/c20-16-7-6-15(24)9-14(16)11-23-12-22-17(18(23)10-19(21)25)8-13-4-2-1-3-5-13/h1-7,9,12,24H,8,10-11H2,(H2,21,25). The number of hydrogen-bond acceptors (Lipinski definition) is 3. The minimum Gasteiger partial charge on any atom is -0.508 e. The molecule has 2 aromatic carbocycles. The second kappa shape index (κ2) is 7.17. The second-order valence-corrected chi connectivity index (χ2v) is 5.85. The van der Waals surface area contributed by atoms with E-state index in [0.717, 1.165) is 11.3 Å². The van der Waals surface area contributed by atoms with Crippen LogP contribution >= 0.6 is 0 Å². The van der Waals surface area contributed by atoms with Gasteiger partial charge in [0.15, 0.2) is 0 Å². The maximum Gasteiger partial charge on any atom is 0.223 e. The fraction of sp³-hybridized carbons (Fsp3) is 0.158. The predicted molar refractivity (Wildman–Crippen MR) is 91.5 cm³/mol. The molecule has 0 aliphatic heterocycles. The van der Waals surface area contributed by atoms with E-state index in [1.807, 2.05) is 30.3 Å². The molecule has 1 amide bonds. The van der Waals surface area contributed by atoms with Crippen LogP contribution in [0.4, 0.5) is 4.39 Å². The van der Waals surface area contributed by atoms with Crippen LogP contribution in [0.3, 0.4) is 0 Å². The molecule has 0 saturated heterocycles. The molecule has 0 saturated carbocycles. The molecule has 0 unspecified atom stereocenters. The molecule has 1 aromatic heterocycles. The first-order valence-corrected chi connectivity index (χ1v) is 7.85. The molecule has 6 heteroatoms. The molecule has 25 heavy (non-hydrogen) atoms. The number of rotatable bonds is 6. The average Bonchev–Trinajstić information content (AvgIpc) is 2.93. The van der Waals surface area contributed by atoms with Gasteiger partial charge in [0, 0.05) is 12.0 Å². The lowest BCUT2D eigenvalue weighted by molar-refractivity contribution is -0.117. The van der Waals surface area contributed by atoms with Crippen LogP contribution < -0.4 is 5.73 Å². The van der Waals surface area contributed by atoms with Gasteiger partial charge < -0.3 is 15.4 Å². The number of phenolic OH excluding ortho intramolecular Hbond substituents is 1. The Labute approximate surface area is 144 Å². The monoisotopic (exact) mass is 339 g/mol. The highest BCUT2D eigenvalue weighted by Crippen LogP contribution is 2.20. The predicted octanol–water partition coefficient (Wildman–Crippen LogP) is 2.39. The first-order valence-electron chi connectivity index (χ1n) is 7.85. The Kier molecular flexibility index (Phi) is 4.79. The first-order chi connectivity index (χ1) is 12.0. The summed E-state index contributed by atoms with van der Waals surface area (Å²) < 4.78 is 15.7. The number of aromatic hydroxyl groups is 1. The van der Waals surface area contributed by atoms with Crippen LogP contribution in [0.2, 0.25) is 0 Å². The van der Waals surface area contributed by atoms with Gasteiger partial charge in [-0.15, -0.1) is 0 Å². The van der Waals surface area contributed by atoms with Gasteiger partial charge >= 0.3 is 0 Å².